The third-order valence-corrected chi connectivity index (χ3v) is 6.15. The predicted octanol–water partition coefficient (Wildman–Crippen LogP) is 3.68. The summed E-state index contributed by atoms with van der Waals surface area (Å²) < 4.78 is 0. The number of anilines is 1. The first kappa shape index (κ1) is 20.4. The number of hydrogen-bond donors (Lipinski definition) is 1. The van der Waals surface area contributed by atoms with Crippen LogP contribution < -0.4 is 5.32 Å². The average Bonchev–Trinajstić information content (AvgIpc) is 3.63. The van der Waals surface area contributed by atoms with Crippen LogP contribution in [0.1, 0.15) is 28.8 Å². The van der Waals surface area contributed by atoms with Gasteiger partial charge in [0.1, 0.15) is 5.69 Å². The molecule has 1 aromatic heterocycles. The van der Waals surface area contributed by atoms with E-state index in [1.807, 2.05) is 18.3 Å². The second-order valence-corrected chi connectivity index (χ2v) is 8.47. The largest absolute Gasteiger partial charge is 0.377 e. The van der Waals surface area contributed by atoms with Crippen molar-refractivity contribution in [2.75, 3.05) is 31.5 Å². The number of piperazine rings is 1. The molecule has 1 amide bonds. The number of rotatable bonds is 6. The molecule has 5 rings (SSSR count). The highest BCUT2D eigenvalue weighted by Gasteiger charge is 2.27. The number of hydrogen-bond acceptors (Lipinski definition) is 6. The molecule has 2 heterocycles. The highest BCUT2D eigenvalue weighted by Crippen LogP contribution is 2.32. The molecule has 0 bridgehead atoms. The molecule has 2 aromatic carbocycles. The number of carbonyl (C=O) groups excluding carboxylic acids is 1. The predicted molar refractivity (Wildman–Crippen MR) is 123 cm³/mol. The summed E-state index contributed by atoms with van der Waals surface area (Å²) in [6.07, 6.45) is 3.86. The lowest BCUT2D eigenvalue weighted by atomic mass is 10.1. The van der Waals surface area contributed by atoms with Crippen LogP contribution in [0.4, 0.5) is 11.4 Å². The summed E-state index contributed by atoms with van der Waals surface area (Å²) in [5, 5.41) is 15.8. The summed E-state index contributed by atoms with van der Waals surface area (Å²) in [4.78, 5) is 32.7. The van der Waals surface area contributed by atoms with E-state index < -0.39 is 4.92 Å². The Bertz CT molecular complexity index is 1160. The number of aromatic nitrogens is 1. The maximum Gasteiger partial charge on any atom is 0.293 e. The molecule has 1 N–H and O–H groups in total. The van der Waals surface area contributed by atoms with Crippen LogP contribution in [-0.4, -0.2) is 57.8 Å². The smallest absolute Gasteiger partial charge is 0.293 e. The lowest BCUT2D eigenvalue weighted by Gasteiger charge is -2.35. The average molecular weight is 431 g/mol. The summed E-state index contributed by atoms with van der Waals surface area (Å²) in [5.74, 6) is -0.155. The van der Waals surface area contributed by atoms with E-state index in [0.717, 1.165) is 43.4 Å². The Labute approximate surface area is 186 Å². The Balaban J connectivity index is 1.24. The van der Waals surface area contributed by atoms with Gasteiger partial charge in [0, 0.05) is 62.0 Å². The SMILES string of the molecule is O=C(c1ccc(NC2CC2)c([N+](=O)[O-])c1)N1CCN(Cc2cccc3cccnc23)CC1. The third-order valence-electron chi connectivity index (χ3n) is 6.15. The number of fused-ring (bicyclic) bond motifs is 1. The number of para-hydroxylation sites is 1. The van der Waals surface area contributed by atoms with Gasteiger partial charge in [0.15, 0.2) is 0 Å². The highest BCUT2D eigenvalue weighted by atomic mass is 16.6. The molecule has 1 saturated carbocycles. The van der Waals surface area contributed by atoms with Crippen molar-refractivity contribution in [3.05, 3.63) is 76.0 Å². The highest BCUT2D eigenvalue weighted by molar-refractivity contribution is 5.96. The van der Waals surface area contributed by atoms with Crippen LogP contribution in [0.15, 0.2) is 54.7 Å². The number of pyridine rings is 1. The summed E-state index contributed by atoms with van der Waals surface area (Å²) in [7, 11) is 0. The summed E-state index contributed by atoms with van der Waals surface area (Å²) in [6, 6.07) is 15.3. The molecule has 0 atom stereocenters. The number of benzene rings is 2. The zero-order chi connectivity index (χ0) is 22.1. The Morgan fingerprint density at radius 2 is 1.88 bits per heavy atom. The molecular weight excluding hydrogens is 406 g/mol. The first-order valence-electron chi connectivity index (χ1n) is 11.0. The number of amides is 1. The molecule has 2 fully saturated rings. The molecule has 1 aliphatic carbocycles. The summed E-state index contributed by atoms with van der Waals surface area (Å²) in [5.41, 5.74) is 3.01. The minimum Gasteiger partial charge on any atom is -0.377 e. The molecule has 2 aliphatic rings. The number of nitrogens with one attached hydrogen (secondary N) is 1. The molecular formula is C24H25N5O3. The van der Waals surface area contributed by atoms with Gasteiger partial charge in [-0.25, -0.2) is 0 Å². The van der Waals surface area contributed by atoms with E-state index >= 15 is 0 Å². The van der Waals surface area contributed by atoms with E-state index in [-0.39, 0.29) is 11.6 Å². The zero-order valence-electron chi connectivity index (χ0n) is 17.7. The molecule has 32 heavy (non-hydrogen) atoms. The molecule has 8 nitrogen and oxygen atoms in total. The fourth-order valence-electron chi connectivity index (χ4n) is 4.21. The molecule has 8 heteroatoms. The van der Waals surface area contributed by atoms with Gasteiger partial charge in [0.25, 0.3) is 11.6 Å². The number of nitrogens with zero attached hydrogens (tertiary/aromatic N) is 4. The minimum atomic E-state index is -0.419. The van der Waals surface area contributed by atoms with Crippen LogP contribution in [0.5, 0.6) is 0 Å². The molecule has 1 saturated heterocycles. The second kappa shape index (κ2) is 8.55. The van der Waals surface area contributed by atoms with Gasteiger partial charge in [-0.3, -0.25) is 24.8 Å². The van der Waals surface area contributed by atoms with Gasteiger partial charge < -0.3 is 10.2 Å². The molecule has 0 radical (unpaired) electrons. The molecule has 1 aliphatic heterocycles. The van der Waals surface area contributed by atoms with Crippen LogP contribution in [0.3, 0.4) is 0 Å². The van der Waals surface area contributed by atoms with Gasteiger partial charge in [-0.2, -0.15) is 0 Å². The Kier molecular flexibility index (Phi) is 5.45. The van der Waals surface area contributed by atoms with Crippen molar-refractivity contribution in [1.29, 1.82) is 0 Å². The maximum absolute atomic E-state index is 13.0. The van der Waals surface area contributed by atoms with Gasteiger partial charge in [0.05, 0.1) is 10.4 Å². The Hall–Kier alpha value is -3.52. The lowest BCUT2D eigenvalue weighted by Crippen LogP contribution is -2.48. The zero-order valence-corrected chi connectivity index (χ0v) is 17.7. The number of nitro benzene ring substituents is 1. The second-order valence-electron chi connectivity index (χ2n) is 8.47. The third kappa shape index (κ3) is 4.27. The summed E-state index contributed by atoms with van der Waals surface area (Å²) >= 11 is 0. The summed E-state index contributed by atoms with van der Waals surface area (Å²) in [6.45, 7) is 3.46. The molecule has 164 valence electrons. The normalized spacial score (nSPS) is 16.8. The van der Waals surface area contributed by atoms with Gasteiger partial charge in [-0.1, -0.05) is 24.3 Å². The maximum atomic E-state index is 13.0. The van der Waals surface area contributed by atoms with Crippen molar-refractivity contribution in [2.24, 2.45) is 0 Å². The van der Waals surface area contributed by atoms with Crippen molar-refractivity contribution in [1.82, 2.24) is 14.8 Å². The number of carbonyl (C=O) groups is 1. The monoisotopic (exact) mass is 431 g/mol. The van der Waals surface area contributed by atoms with E-state index in [1.54, 1.807) is 17.0 Å². The minimum absolute atomic E-state index is 0.0372. The van der Waals surface area contributed by atoms with Crippen LogP contribution >= 0.6 is 0 Å². The van der Waals surface area contributed by atoms with Crippen molar-refractivity contribution < 1.29 is 9.72 Å². The van der Waals surface area contributed by atoms with Crippen molar-refractivity contribution in [3.63, 3.8) is 0 Å². The van der Waals surface area contributed by atoms with E-state index in [1.165, 1.54) is 11.6 Å². The van der Waals surface area contributed by atoms with Crippen molar-refractivity contribution in [3.8, 4) is 0 Å². The van der Waals surface area contributed by atoms with E-state index in [9.17, 15) is 14.9 Å². The molecule has 0 spiro atoms. The van der Waals surface area contributed by atoms with E-state index in [4.69, 9.17) is 0 Å². The lowest BCUT2D eigenvalue weighted by molar-refractivity contribution is -0.384. The van der Waals surface area contributed by atoms with Gasteiger partial charge in [-0.15, -0.1) is 0 Å². The number of nitro groups is 1. The van der Waals surface area contributed by atoms with Crippen molar-refractivity contribution >= 4 is 28.2 Å². The molecule has 3 aromatic rings. The van der Waals surface area contributed by atoms with Crippen LogP contribution in [0, 0.1) is 10.1 Å². The van der Waals surface area contributed by atoms with Crippen LogP contribution in [-0.2, 0) is 6.54 Å². The topological polar surface area (TPSA) is 91.6 Å². The quantitative estimate of drug-likeness (QED) is 0.473. The van der Waals surface area contributed by atoms with E-state index in [2.05, 4.69) is 33.4 Å². The van der Waals surface area contributed by atoms with Crippen molar-refractivity contribution in [2.45, 2.75) is 25.4 Å². The van der Waals surface area contributed by atoms with Crippen LogP contribution in [0.25, 0.3) is 10.9 Å². The Morgan fingerprint density at radius 3 is 2.62 bits per heavy atom. The van der Waals surface area contributed by atoms with Gasteiger partial charge in [-0.05, 0) is 36.6 Å². The first-order chi connectivity index (χ1) is 15.6. The molecule has 0 unspecified atom stereocenters. The van der Waals surface area contributed by atoms with E-state index in [0.29, 0.717) is 30.4 Å². The fraction of sp³-hybridized carbons (Fsp3) is 0.333. The van der Waals surface area contributed by atoms with Gasteiger partial charge >= 0.3 is 0 Å². The van der Waals surface area contributed by atoms with Crippen LogP contribution in [0.2, 0.25) is 0 Å². The fourth-order valence-corrected chi connectivity index (χ4v) is 4.21. The first-order valence-corrected chi connectivity index (χ1v) is 11.0. The van der Waals surface area contributed by atoms with Gasteiger partial charge in [0.2, 0.25) is 0 Å². The Morgan fingerprint density at radius 1 is 1.09 bits per heavy atom. The standard InChI is InChI=1S/C24H25N5O3/c30-24(18-6-9-21(26-20-7-8-20)22(15-18)29(31)32)28-13-11-27(12-14-28)16-19-4-1-3-17-5-2-10-25-23(17)19/h1-6,9-10,15,20,26H,7-8,11-14,16H2.